The molecule has 0 amide bonds. The Morgan fingerprint density at radius 1 is 0.852 bits per heavy atom. The summed E-state index contributed by atoms with van der Waals surface area (Å²) in [6.07, 6.45) is 3.43. The number of pyridine rings is 1. The van der Waals surface area contributed by atoms with Crippen LogP contribution in [0.3, 0.4) is 0 Å². The highest BCUT2D eigenvalue weighted by atomic mass is 32.2. The molecule has 0 fully saturated rings. The van der Waals surface area contributed by atoms with Gasteiger partial charge < -0.3 is 0 Å². The third-order valence-electron chi connectivity index (χ3n) is 4.34. The van der Waals surface area contributed by atoms with Gasteiger partial charge in [-0.3, -0.25) is 4.98 Å². The monoisotopic (exact) mass is 369 g/mol. The van der Waals surface area contributed by atoms with Gasteiger partial charge in [-0.15, -0.1) is 0 Å². The third-order valence-corrected chi connectivity index (χ3v) is 5.38. The SMILES string of the molecule is c1ccc(-n2ncc3c(SCc4ccc5ccccc5n4)ncnc32)cc1. The fraction of sp³-hybridized carbons (Fsp3) is 0.0476. The summed E-state index contributed by atoms with van der Waals surface area (Å²) in [7, 11) is 0. The molecule has 0 saturated carbocycles. The minimum atomic E-state index is 0.744. The summed E-state index contributed by atoms with van der Waals surface area (Å²) in [5.74, 6) is 0.744. The average Bonchev–Trinajstić information content (AvgIpc) is 3.17. The van der Waals surface area contributed by atoms with Crippen molar-refractivity contribution in [3.8, 4) is 5.69 Å². The van der Waals surface area contributed by atoms with E-state index >= 15 is 0 Å². The van der Waals surface area contributed by atoms with E-state index < -0.39 is 0 Å². The number of rotatable bonds is 4. The van der Waals surface area contributed by atoms with Crippen LogP contribution in [-0.4, -0.2) is 24.7 Å². The first-order valence-electron chi connectivity index (χ1n) is 8.60. The Hall–Kier alpha value is -3.25. The van der Waals surface area contributed by atoms with Gasteiger partial charge >= 0.3 is 0 Å². The Bertz CT molecular complexity index is 1230. The first-order chi connectivity index (χ1) is 13.4. The normalized spacial score (nSPS) is 11.3. The van der Waals surface area contributed by atoms with E-state index in [0.29, 0.717) is 0 Å². The van der Waals surface area contributed by atoms with E-state index in [0.717, 1.165) is 44.1 Å². The lowest BCUT2D eigenvalue weighted by molar-refractivity contribution is 0.893. The first kappa shape index (κ1) is 16.0. The molecule has 6 heteroatoms. The van der Waals surface area contributed by atoms with Crippen LogP contribution in [0.25, 0.3) is 27.6 Å². The van der Waals surface area contributed by atoms with Crippen LogP contribution in [0, 0.1) is 0 Å². The largest absolute Gasteiger partial charge is 0.252 e. The maximum absolute atomic E-state index is 4.74. The predicted molar refractivity (Wildman–Crippen MR) is 108 cm³/mol. The summed E-state index contributed by atoms with van der Waals surface area (Å²) in [6, 6.07) is 22.3. The van der Waals surface area contributed by atoms with E-state index in [-0.39, 0.29) is 0 Å². The highest BCUT2D eigenvalue weighted by Gasteiger charge is 2.12. The van der Waals surface area contributed by atoms with Crippen LogP contribution in [0.4, 0.5) is 0 Å². The maximum Gasteiger partial charge on any atom is 0.167 e. The average molecular weight is 369 g/mol. The van der Waals surface area contributed by atoms with Gasteiger partial charge in [-0.2, -0.15) is 5.10 Å². The minimum Gasteiger partial charge on any atom is -0.252 e. The number of aromatic nitrogens is 5. The zero-order chi connectivity index (χ0) is 18.1. The highest BCUT2D eigenvalue weighted by molar-refractivity contribution is 7.98. The number of para-hydroxylation sites is 2. The molecule has 27 heavy (non-hydrogen) atoms. The van der Waals surface area contributed by atoms with Gasteiger partial charge in [-0.1, -0.05) is 54.2 Å². The molecule has 5 rings (SSSR count). The molecule has 0 N–H and O–H groups in total. The van der Waals surface area contributed by atoms with Crippen LogP contribution < -0.4 is 0 Å². The van der Waals surface area contributed by atoms with Crippen molar-refractivity contribution in [1.82, 2.24) is 24.7 Å². The summed E-state index contributed by atoms with van der Waals surface area (Å²) in [4.78, 5) is 13.6. The second-order valence-corrected chi connectivity index (χ2v) is 7.06. The van der Waals surface area contributed by atoms with Gasteiger partial charge in [0, 0.05) is 11.1 Å². The second-order valence-electron chi connectivity index (χ2n) is 6.09. The van der Waals surface area contributed by atoms with E-state index in [1.807, 2.05) is 59.4 Å². The van der Waals surface area contributed by atoms with Crippen molar-refractivity contribution in [2.75, 3.05) is 0 Å². The summed E-state index contributed by atoms with van der Waals surface area (Å²) in [6.45, 7) is 0. The van der Waals surface area contributed by atoms with E-state index in [2.05, 4.69) is 33.3 Å². The maximum atomic E-state index is 4.74. The quantitative estimate of drug-likeness (QED) is 0.341. The molecule has 2 aromatic carbocycles. The van der Waals surface area contributed by atoms with Crippen LogP contribution in [0.5, 0.6) is 0 Å². The molecule has 0 radical (unpaired) electrons. The van der Waals surface area contributed by atoms with Gasteiger partial charge in [0.15, 0.2) is 5.65 Å². The van der Waals surface area contributed by atoms with Crippen molar-refractivity contribution in [1.29, 1.82) is 0 Å². The summed E-state index contributed by atoms with van der Waals surface area (Å²) in [5, 5.41) is 7.53. The summed E-state index contributed by atoms with van der Waals surface area (Å²) in [5.41, 5.74) is 3.84. The Morgan fingerprint density at radius 2 is 1.70 bits per heavy atom. The van der Waals surface area contributed by atoms with Crippen molar-refractivity contribution in [2.45, 2.75) is 10.8 Å². The topological polar surface area (TPSA) is 56.5 Å². The molecule has 0 bridgehead atoms. The van der Waals surface area contributed by atoms with E-state index in [1.54, 1.807) is 18.1 Å². The Balaban J connectivity index is 1.45. The van der Waals surface area contributed by atoms with Crippen LogP contribution in [-0.2, 0) is 5.75 Å². The van der Waals surface area contributed by atoms with Crippen LogP contribution in [0.15, 0.2) is 84.3 Å². The molecule has 0 aliphatic carbocycles. The molecular weight excluding hydrogens is 354 g/mol. The number of hydrogen-bond donors (Lipinski definition) is 0. The smallest absolute Gasteiger partial charge is 0.167 e. The fourth-order valence-electron chi connectivity index (χ4n) is 3.03. The van der Waals surface area contributed by atoms with Crippen molar-refractivity contribution in [3.05, 3.63) is 84.9 Å². The van der Waals surface area contributed by atoms with Crippen molar-refractivity contribution < 1.29 is 0 Å². The van der Waals surface area contributed by atoms with Crippen molar-refractivity contribution in [2.24, 2.45) is 0 Å². The van der Waals surface area contributed by atoms with Gasteiger partial charge in [0.1, 0.15) is 11.4 Å². The highest BCUT2D eigenvalue weighted by Crippen LogP contribution is 2.28. The molecule has 0 saturated heterocycles. The summed E-state index contributed by atoms with van der Waals surface area (Å²) >= 11 is 1.65. The van der Waals surface area contributed by atoms with E-state index in [1.165, 1.54) is 0 Å². The molecular formula is C21H15N5S. The van der Waals surface area contributed by atoms with Gasteiger partial charge in [-0.25, -0.2) is 14.6 Å². The molecule has 0 atom stereocenters. The number of thioether (sulfide) groups is 1. The van der Waals surface area contributed by atoms with Crippen molar-refractivity contribution >= 4 is 33.7 Å². The van der Waals surface area contributed by atoms with Gasteiger partial charge in [-0.05, 0) is 24.3 Å². The molecule has 0 aliphatic heterocycles. The lowest BCUT2D eigenvalue weighted by Crippen LogP contribution is -1.97. The number of hydrogen-bond acceptors (Lipinski definition) is 5. The Morgan fingerprint density at radius 3 is 2.63 bits per heavy atom. The number of nitrogens with zero attached hydrogens (tertiary/aromatic N) is 5. The minimum absolute atomic E-state index is 0.744. The number of benzene rings is 2. The molecule has 5 nitrogen and oxygen atoms in total. The molecule has 3 heterocycles. The zero-order valence-electron chi connectivity index (χ0n) is 14.4. The number of fused-ring (bicyclic) bond motifs is 2. The first-order valence-corrected chi connectivity index (χ1v) is 9.59. The lowest BCUT2D eigenvalue weighted by atomic mass is 10.2. The second kappa shape index (κ2) is 6.81. The third kappa shape index (κ3) is 3.04. The van der Waals surface area contributed by atoms with Gasteiger partial charge in [0.05, 0.1) is 28.5 Å². The molecule has 3 aromatic heterocycles. The fourth-order valence-corrected chi connectivity index (χ4v) is 3.89. The molecule has 0 aliphatic rings. The van der Waals surface area contributed by atoms with Gasteiger partial charge in [0.25, 0.3) is 0 Å². The Labute approximate surface area is 160 Å². The Kier molecular flexibility index (Phi) is 4.03. The standard InChI is InChI=1S/C21H15N5S/c1-2-7-17(8-3-1)26-20-18(12-24-26)21(23-14-22-20)27-13-16-11-10-15-6-4-5-9-19(15)25-16/h1-12,14H,13H2. The van der Waals surface area contributed by atoms with Crippen LogP contribution >= 0.6 is 11.8 Å². The molecule has 0 unspecified atom stereocenters. The van der Waals surface area contributed by atoms with Crippen LogP contribution in [0.1, 0.15) is 5.69 Å². The van der Waals surface area contributed by atoms with Gasteiger partial charge in [0.2, 0.25) is 0 Å². The predicted octanol–water partition coefficient (Wildman–Crippen LogP) is 4.66. The van der Waals surface area contributed by atoms with Crippen molar-refractivity contribution in [3.63, 3.8) is 0 Å². The van der Waals surface area contributed by atoms with E-state index in [4.69, 9.17) is 4.98 Å². The summed E-state index contributed by atoms with van der Waals surface area (Å²) < 4.78 is 1.84. The lowest BCUT2D eigenvalue weighted by Gasteiger charge is -2.05. The molecule has 5 aromatic rings. The molecule has 0 spiro atoms. The molecule has 130 valence electrons. The zero-order valence-corrected chi connectivity index (χ0v) is 15.2. The van der Waals surface area contributed by atoms with E-state index in [9.17, 15) is 0 Å². The van der Waals surface area contributed by atoms with Crippen LogP contribution in [0.2, 0.25) is 0 Å².